The molecule has 1 amide bonds. The molecule has 148 valence electrons. The van der Waals surface area contributed by atoms with Gasteiger partial charge in [0.1, 0.15) is 10.6 Å². The zero-order valence-corrected chi connectivity index (χ0v) is 16.8. The Morgan fingerprint density at radius 1 is 1.48 bits per heavy atom. The van der Waals surface area contributed by atoms with E-state index < -0.39 is 10.0 Å². The molecule has 1 heterocycles. The van der Waals surface area contributed by atoms with Crippen molar-refractivity contribution in [1.82, 2.24) is 9.62 Å². The first-order valence-electron chi connectivity index (χ1n) is 9.00. The molecule has 0 spiro atoms. The van der Waals surface area contributed by atoms with Crippen LogP contribution in [0.5, 0.6) is 5.75 Å². The van der Waals surface area contributed by atoms with Crippen LogP contribution in [-0.2, 0) is 14.8 Å². The van der Waals surface area contributed by atoms with Crippen molar-refractivity contribution in [2.24, 2.45) is 5.92 Å². The minimum absolute atomic E-state index is 0.00880. The molecular formula is C19H27N3O4S. The fourth-order valence-corrected chi connectivity index (χ4v) is 4.35. The molecule has 0 radical (unpaired) electrons. The summed E-state index contributed by atoms with van der Waals surface area (Å²) in [5, 5.41) is 2.76. The minimum atomic E-state index is -3.83. The average Bonchev–Trinajstić information content (AvgIpc) is 3.08. The molecule has 1 saturated heterocycles. The molecule has 2 rings (SSSR count). The predicted molar refractivity (Wildman–Crippen MR) is 105 cm³/mol. The summed E-state index contributed by atoms with van der Waals surface area (Å²) in [6, 6.07) is 6.84. The minimum Gasteiger partial charge on any atom is -0.495 e. The number of likely N-dealkylation sites (tertiary alicyclic amines) is 1. The first kappa shape index (κ1) is 21.1. The quantitative estimate of drug-likeness (QED) is 0.660. The standard InChI is InChI=1S/C19H27N3O4S/c1-5-14(3)11-19(23)20-15-7-8-17(26-4)18(12-15)27(24,25)21-16-9-10-22(6-2)13-16/h2,7-8,12,14,16,21H,5,9-11,13H2,1,3-4H3,(H,20,23). The summed E-state index contributed by atoms with van der Waals surface area (Å²) in [6.45, 7) is 5.12. The molecule has 27 heavy (non-hydrogen) atoms. The highest BCUT2D eigenvalue weighted by molar-refractivity contribution is 7.89. The number of nitrogens with zero attached hydrogens (tertiary/aromatic N) is 1. The molecule has 0 bridgehead atoms. The third-order valence-electron chi connectivity index (χ3n) is 4.66. The van der Waals surface area contributed by atoms with E-state index in [-0.39, 0.29) is 28.5 Å². The smallest absolute Gasteiger partial charge is 0.244 e. The molecule has 1 aromatic carbocycles. The number of rotatable bonds is 8. The lowest BCUT2D eigenvalue weighted by Gasteiger charge is -2.16. The molecule has 1 aliphatic heterocycles. The maximum Gasteiger partial charge on any atom is 0.244 e. The van der Waals surface area contributed by atoms with Crippen LogP contribution in [0.1, 0.15) is 33.1 Å². The van der Waals surface area contributed by atoms with Crippen LogP contribution in [0, 0.1) is 18.4 Å². The van der Waals surface area contributed by atoms with Gasteiger partial charge in [-0.2, -0.15) is 0 Å². The first-order chi connectivity index (χ1) is 12.8. The Hall–Kier alpha value is -2.24. The number of sulfonamides is 1. The van der Waals surface area contributed by atoms with Crippen molar-refractivity contribution in [1.29, 1.82) is 0 Å². The number of carbonyl (C=O) groups is 1. The lowest BCUT2D eigenvalue weighted by molar-refractivity contribution is -0.117. The molecule has 0 saturated carbocycles. The van der Waals surface area contributed by atoms with Crippen molar-refractivity contribution in [3.05, 3.63) is 18.2 Å². The van der Waals surface area contributed by atoms with Crippen LogP contribution in [0.15, 0.2) is 23.1 Å². The number of ether oxygens (including phenoxy) is 1. The van der Waals surface area contributed by atoms with Gasteiger partial charge in [0, 0.05) is 37.3 Å². The van der Waals surface area contributed by atoms with Crippen LogP contribution in [0.4, 0.5) is 5.69 Å². The van der Waals surface area contributed by atoms with E-state index in [1.54, 1.807) is 11.0 Å². The first-order valence-corrected chi connectivity index (χ1v) is 10.5. The highest BCUT2D eigenvalue weighted by atomic mass is 32.2. The number of terminal acetylenes is 1. The maximum atomic E-state index is 12.9. The highest BCUT2D eigenvalue weighted by Crippen LogP contribution is 2.28. The Kier molecular flexibility index (Phi) is 7.11. The van der Waals surface area contributed by atoms with Gasteiger partial charge in [0.2, 0.25) is 15.9 Å². The molecule has 1 aromatic rings. The third kappa shape index (κ3) is 5.62. The Bertz CT molecular complexity index is 817. The number of carbonyl (C=O) groups excluding carboxylic acids is 1. The molecule has 8 heteroatoms. The zero-order chi connectivity index (χ0) is 20.0. The topological polar surface area (TPSA) is 87.7 Å². The molecule has 0 aromatic heterocycles. The van der Waals surface area contributed by atoms with Gasteiger partial charge in [-0.05, 0) is 30.5 Å². The number of hydrogen-bond donors (Lipinski definition) is 2. The van der Waals surface area contributed by atoms with Gasteiger partial charge >= 0.3 is 0 Å². The maximum absolute atomic E-state index is 12.9. The van der Waals surface area contributed by atoms with Gasteiger partial charge in [-0.3, -0.25) is 4.79 Å². The van der Waals surface area contributed by atoms with E-state index in [0.29, 0.717) is 31.6 Å². The van der Waals surface area contributed by atoms with Gasteiger partial charge in [0.05, 0.1) is 7.11 Å². The SMILES string of the molecule is C#CN1CCC(NS(=O)(=O)c2cc(NC(=O)CC(C)CC)ccc2OC)C1. The lowest BCUT2D eigenvalue weighted by atomic mass is 10.1. The summed E-state index contributed by atoms with van der Waals surface area (Å²) < 4.78 is 33.6. The number of hydrogen-bond acceptors (Lipinski definition) is 5. The molecule has 7 nitrogen and oxygen atoms in total. The van der Waals surface area contributed by atoms with Crippen LogP contribution in [0.3, 0.4) is 0 Å². The van der Waals surface area contributed by atoms with Gasteiger partial charge in [0.25, 0.3) is 0 Å². The summed E-state index contributed by atoms with van der Waals surface area (Å²) in [5.41, 5.74) is 0.418. The largest absolute Gasteiger partial charge is 0.495 e. The van der Waals surface area contributed by atoms with Crippen molar-refractivity contribution in [2.45, 2.75) is 44.0 Å². The van der Waals surface area contributed by atoms with Gasteiger partial charge in [-0.15, -0.1) is 0 Å². The van der Waals surface area contributed by atoms with Gasteiger partial charge in [-0.1, -0.05) is 26.7 Å². The van der Waals surface area contributed by atoms with Crippen molar-refractivity contribution in [3.8, 4) is 18.2 Å². The monoisotopic (exact) mass is 393 g/mol. The van der Waals surface area contributed by atoms with E-state index in [9.17, 15) is 13.2 Å². The average molecular weight is 394 g/mol. The Morgan fingerprint density at radius 3 is 2.81 bits per heavy atom. The second kappa shape index (κ2) is 9.11. The van der Waals surface area contributed by atoms with E-state index in [4.69, 9.17) is 11.2 Å². The van der Waals surface area contributed by atoms with Crippen molar-refractivity contribution in [2.75, 3.05) is 25.5 Å². The Labute approximate surface area is 161 Å². The number of methoxy groups -OCH3 is 1. The van der Waals surface area contributed by atoms with Crippen LogP contribution < -0.4 is 14.8 Å². The molecule has 0 aliphatic carbocycles. The second-order valence-electron chi connectivity index (χ2n) is 6.81. The fourth-order valence-electron chi connectivity index (χ4n) is 2.89. The van der Waals surface area contributed by atoms with Crippen LogP contribution >= 0.6 is 0 Å². The number of amides is 1. The van der Waals surface area contributed by atoms with Crippen molar-refractivity contribution < 1.29 is 17.9 Å². The number of nitrogens with one attached hydrogen (secondary N) is 2. The zero-order valence-electron chi connectivity index (χ0n) is 16.0. The fraction of sp³-hybridized carbons (Fsp3) is 0.526. The summed E-state index contributed by atoms with van der Waals surface area (Å²) in [6.07, 6.45) is 7.28. The molecule has 2 unspecified atom stereocenters. The van der Waals surface area contributed by atoms with Gasteiger partial charge in [-0.25, -0.2) is 13.1 Å². The molecule has 1 aliphatic rings. The van der Waals surface area contributed by atoms with Crippen molar-refractivity contribution >= 4 is 21.6 Å². The van der Waals surface area contributed by atoms with Gasteiger partial charge in [0.15, 0.2) is 0 Å². The van der Waals surface area contributed by atoms with E-state index >= 15 is 0 Å². The van der Waals surface area contributed by atoms with E-state index in [2.05, 4.69) is 16.1 Å². The highest BCUT2D eigenvalue weighted by Gasteiger charge is 2.28. The van der Waals surface area contributed by atoms with Crippen LogP contribution in [0.2, 0.25) is 0 Å². The third-order valence-corrected chi connectivity index (χ3v) is 6.20. The van der Waals surface area contributed by atoms with Gasteiger partial charge < -0.3 is 15.0 Å². The summed E-state index contributed by atoms with van der Waals surface area (Å²) in [5.74, 6) is 0.329. The summed E-state index contributed by atoms with van der Waals surface area (Å²) in [4.78, 5) is 13.8. The van der Waals surface area contributed by atoms with Crippen LogP contribution in [-0.4, -0.2) is 45.5 Å². The number of anilines is 1. The molecular weight excluding hydrogens is 366 g/mol. The normalized spacial score (nSPS) is 18.0. The predicted octanol–water partition coefficient (Wildman–Crippen LogP) is 2.01. The van der Waals surface area contributed by atoms with E-state index in [1.165, 1.54) is 19.2 Å². The molecule has 2 N–H and O–H groups in total. The van der Waals surface area contributed by atoms with Crippen molar-refractivity contribution in [3.63, 3.8) is 0 Å². The molecule has 1 fully saturated rings. The van der Waals surface area contributed by atoms with E-state index in [1.807, 2.05) is 13.8 Å². The van der Waals surface area contributed by atoms with E-state index in [0.717, 1.165) is 6.42 Å². The molecule has 2 atom stereocenters. The number of benzene rings is 1. The second-order valence-corrected chi connectivity index (χ2v) is 8.50. The Balaban J connectivity index is 2.19. The lowest BCUT2D eigenvalue weighted by Crippen LogP contribution is -2.36. The summed E-state index contributed by atoms with van der Waals surface area (Å²) in [7, 11) is -2.42. The Morgan fingerprint density at radius 2 is 2.22 bits per heavy atom. The van der Waals surface area contributed by atoms with Crippen LogP contribution in [0.25, 0.3) is 0 Å². The summed E-state index contributed by atoms with van der Waals surface area (Å²) >= 11 is 0.